The fraction of sp³-hybridized carbons (Fsp3) is 0.353. The first kappa shape index (κ1) is 14.7. The minimum absolute atomic E-state index is 0.0942. The zero-order valence-corrected chi connectivity index (χ0v) is 12.2. The molecule has 1 aromatic carbocycles. The maximum Gasteiger partial charge on any atom is 0.141 e. The number of aromatic nitrogens is 1. The van der Waals surface area contributed by atoms with Gasteiger partial charge >= 0.3 is 0 Å². The Bertz CT molecular complexity index is 549. The van der Waals surface area contributed by atoms with E-state index in [4.69, 9.17) is 0 Å². The number of benzene rings is 1. The topological polar surface area (TPSA) is 24.9 Å². The van der Waals surface area contributed by atoms with Crippen LogP contribution >= 0.6 is 0 Å². The Morgan fingerprint density at radius 2 is 1.90 bits per heavy atom. The molecule has 0 saturated carbocycles. The Hall–Kier alpha value is -1.74. The van der Waals surface area contributed by atoms with Gasteiger partial charge in [-0.3, -0.25) is 4.98 Å². The fourth-order valence-corrected chi connectivity index (χ4v) is 2.30. The van der Waals surface area contributed by atoms with E-state index in [9.17, 15) is 4.39 Å². The van der Waals surface area contributed by atoms with Crippen LogP contribution in [0.15, 0.2) is 42.6 Å². The molecule has 1 heterocycles. The number of rotatable bonds is 5. The van der Waals surface area contributed by atoms with Gasteiger partial charge in [-0.1, -0.05) is 38.1 Å². The molecule has 1 aromatic heterocycles. The minimum atomic E-state index is -0.298. The lowest BCUT2D eigenvalue weighted by Gasteiger charge is -2.22. The van der Waals surface area contributed by atoms with Gasteiger partial charge in [0.1, 0.15) is 5.82 Å². The largest absolute Gasteiger partial charge is 0.306 e. The molecule has 1 N–H and O–H groups in total. The van der Waals surface area contributed by atoms with E-state index in [2.05, 4.69) is 43.2 Å². The normalized spacial score (nSPS) is 12.7. The summed E-state index contributed by atoms with van der Waals surface area (Å²) in [6.45, 7) is 6.32. The highest BCUT2D eigenvalue weighted by Crippen LogP contribution is 2.20. The SMILES string of the molecule is Cc1ccccc1CC(NC(C)C)c1ccc(F)cn1. The number of hydrogen-bond donors (Lipinski definition) is 1. The van der Waals surface area contributed by atoms with Crippen molar-refractivity contribution >= 4 is 0 Å². The molecule has 0 aliphatic carbocycles. The van der Waals surface area contributed by atoms with Crippen molar-refractivity contribution in [3.8, 4) is 0 Å². The molecule has 3 heteroatoms. The Morgan fingerprint density at radius 3 is 2.50 bits per heavy atom. The summed E-state index contributed by atoms with van der Waals surface area (Å²) >= 11 is 0. The van der Waals surface area contributed by atoms with Crippen molar-refractivity contribution < 1.29 is 4.39 Å². The number of aryl methyl sites for hydroxylation is 1. The van der Waals surface area contributed by atoms with Crippen LogP contribution in [0.4, 0.5) is 4.39 Å². The molecule has 0 aliphatic rings. The molecule has 1 atom stereocenters. The molecule has 0 radical (unpaired) electrons. The van der Waals surface area contributed by atoms with E-state index in [1.807, 2.05) is 12.1 Å². The predicted molar refractivity (Wildman–Crippen MR) is 80.1 cm³/mol. The predicted octanol–water partition coefficient (Wildman–Crippen LogP) is 3.81. The molecule has 0 amide bonds. The number of pyridine rings is 1. The highest BCUT2D eigenvalue weighted by atomic mass is 19.1. The van der Waals surface area contributed by atoms with E-state index >= 15 is 0 Å². The van der Waals surface area contributed by atoms with E-state index in [0.717, 1.165) is 12.1 Å². The quantitative estimate of drug-likeness (QED) is 0.895. The second-order valence-electron chi connectivity index (χ2n) is 5.41. The summed E-state index contributed by atoms with van der Waals surface area (Å²) in [6.07, 6.45) is 2.13. The van der Waals surface area contributed by atoms with Gasteiger partial charge in [0.2, 0.25) is 0 Å². The first-order chi connectivity index (χ1) is 9.56. The molecule has 1 unspecified atom stereocenters. The highest BCUT2D eigenvalue weighted by molar-refractivity contribution is 5.27. The molecule has 0 fully saturated rings. The van der Waals surface area contributed by atoms with Gasteiger partial charge in [0.05, 0.1) is 17.9 Å². The van der Waals surface area contributed by atoms with Crippen molar-refractivity contribution in [2.45, 2.75) is 39.3 Å². The zero-order valence-electron chi connectivity index (χ0n) is 12.2. The van der Waals surface area contributed by atoms with Crippen molar-refractivity contribution in [1.82, 2.24) is 10.3 Å². The van der Waals surface area contributed by atoms with Crippen molar-refractivity contribution in [2.75, 3.05) is 0 Å². The summed E-state index contributed by atoms with van der Waals surface area (Å²) in [5.41, 5.74) is 3.44. The summed E-state index contributed by atoms with van der Waals surface area (Å²) in [5, 5.41) is 3.51. The van der Waals surface area contributed by atoms with Crippen molar-refractivity contribution in [3.63, 3.8) is 0 Å². The highest BCUT2D eigenvalue weighted by Gasteiger charge is 2.15. The van der Waals surface area contributed by atoms with Gasteiger partial charge in [-0.25, -0.2) is 4.39 Å². The van der Waals surface area contributed by atoms with E-state index in [-0.39, 0.29) is 11.9 Å². The molecule has 2 rings (SSSR count). The van der Waals surface area contributed by atoms with Crippen LogP contribution in [-0.2, 0) is 6.42 Å². The first-order valence-corrected chi connectivity index (χ1v) is 6.98. The van der Waals surface area contributed by atoms with Gasteiger partial charge in [0, 0.05) is 6.04 Å². The number of hydrogen-bond acceptors (Lipinski definition) is 2. The summed E-state index contributed by atoms with van der Waals surface area (Å²) in [4.78, 5) is 4.22. The molecule has 20 heavy (non-hydrogen) atoms. The van der Waals surface area contributed by atoms with Crippen LogP contribution in [0.25, 0.3) is 0 Å². The summed E-state index contributed by atoms with van der Waals surface area (Å²) in [6, 6.07) is 12.0. The van der Waals surface area contributed by atoms with E-state index < -0.39 is 0 Å². The van der Waals surface area contributed by atoms with Gasteiger partial charge in [-0.15, -0.1) is 0 Å². The average molecular weight is 272 g/mol. The molecule has 2 nitrogen and oxygen atoms in total. The Balaban J connectivity index is 2.24. The molecular formula is C17H21FN2. The molecule has 0 aliphatic heterocycles. The maximum absolute atomic E-state index is 13.0. The average Bonchev–Trinajstić information content (AvgIpc) is 2.41. The van der Waals surface area contributed by atoms with Crippen LogP contribution in [-0.4, -0.2) is 11.0 Å². The lowest BCUT2D eigenvalue weighted by Crippen LogP contribution is -2.30. The molecule has 0 saturated heterocycles. The Kier molecular flexibility index (Phi) is 4.85. The summed E-state index contributed by atoms with van der Waals surface area (Å²) in [5.74, 6) is -0.298. The van der Waals surface area contributed by atoms with Crippen LogP contribution in [0.2, 0.25) is 0 Å². The molecule has 0 bridgehead atoms. The molecular weight excluding hydrogens is 251 g/mol. The van der Waals surface area contributed by atoms with Crippen LogP contribution in [0, 0.1) is 12.7 Å². The third kappa shape index (κ3) is 3.87. The van der Waals surface area contributed by atoms with Crippen LogP contribution in [0.5, 0.6) is 0 Å². The fourth-order valence-electron chi connectivity index (χ4n) is 2.30. The second-order valence-corrected chi connectivity index (χ2v) is 5.41. The molecule has 0 spiro atoms. The van der Waals surface area contributed by atoms with Crippen molar-refractivity contribution in [2.24, 2.45) is 0 Å². The third-order valence-corrected chi connectivity index (χ3v) is 3.33. The smallest absolute Gasteiger partial charge is 0.141 e. The number of nitrogens with one attached hydrogen (secondary N) is 1. The van der Waals surface area contributed by atoms with Crippen molar-refractivity contribution in [3.05, 3.63) is 65.2 Å². The maximum atomic E-state index is 13.0. The molecule has 2 aromatic rings. The standard InChI is InChI=1S/C17H21FN2/c1-12(2)20-17(16-9-8-15(18)11-19-16)10-14-7-5-4-6-13(14)3/h4-9,11-12,17,20H,10H2,1-3H3. The lowest BCUT2D eigenvalue weighted by atomic mass is 9.98. The Labute approximate surface area is 120 Å². The monoisotopic (exact) mass is 272 g/mol. The number of nitrogens with zero attached hydrogens (tertiary/aromatic N) is 1. The lowest BCUT2D eigenvalue weighted by molar-refractivity contribution is 0.464. The third-order valence-electron chi connectivity index (χ3n) is 3.33. The second kappa shape index (κ2) is 6.62. The molecule has 106 valence electrons. The summed E-state index contributed by atoms with van der Waals surface area (Å²) in [7, 11) is 0. The zero-order chi connectivity index (χ0) is 14.5. The van der Waals surface area contributed by atoms with Gasteiger partial charge in [0.25, 0.3) is 0 Å². The van der Waals surface area contributed by atoms with E-state index in [1.54, 1.807) is 6.07 Å². The Morgan fingerprint density at radius 1 is 1.15 bits per heavy atom. The summed E-state index contributed by atoms with van der Waals surface area (Å²) < 4.78 is 13.0. The van der Waals surface area contributed by atoms with E-state index in [1.165, 1.54) is 23.4 Å². The van der Waals surface area contributed by atoms with Gasteiger partial charge in [0.15, 0.2) is 0 Å². The van der Waals surface area contributed by atoms with Gasteiger partial charge in [-0.05, 0) is 36.6 Å². The minimum Gasteiger partial charge on any atom is -0.306 e. The van der Waals surface area contributed by atoms with Crippen LogP contribution < -0.4 is 5.32 Å². The van der Waals surface area contributed by atoms with Gasteiger partial charge < -0.3 is 5.32 Å². The van der Waals surface area contributed by atoms with E-state index in [0.29, 0.717) is 6.04 Å². The van der Waals surface area contributed by atoms with Gasteiger partial charge in [-0.2, -0.15) is 0 Å². The van der Waals surface area contributed by atoms with Crippen LogP contribution in [0.1, 0.15) is 36.7 Å². The number of halogens is 1. The first-order valence-electron chi connectivity index (χ1n) is 6.98. The van der Waals surface area contributed by atoms with Crippen molar-refractivity contribution in [1.29, 1.82) is 0 Å². The van der Waals surface area contributed by atoms with Crippen LogP contribution in [0.3, 0.4) is 0 Å².